The highest BCUT2D eigenvalue weighted by atomic mass is 16.4. The van der Waals surface area contributed by atoms with Gasteiger partial charge in [-0.1, -0.05) is 6.07 Å². The average Bonchev–Trinajstić information content (AvgIpc) is 2.36. The lowest BCUT2D eigenvalue weighted by atomic mass is 10.2. The molecule has 2 rings (SSSR count). The summed E-state index contributed by atoms with van der Waals surface area (Å²) in [5.41, 5.74) is 1.38. The Balaban J connectivity index is 2.26. The summed E-state index contributed by atoms with van der Waals surface area (Å²) < 4.78 is 1.54. The van der Waals surface area contributed by atoms with E-state index in [4.69, 9.17) is 5.11 Å². The molecule has 2 aromatic rings. The Morgan fingerprint density at radius 1 is 1.39 bits per heavy atom. The molecule has 0 fully saturated rings. The van der Waals surface area contributed by atoms with E-state index in [0.717, 1.165) is 0 Å². The summed E-state index contributed by atoms with van der Waals surface area (Å²) in [6, 6.07) is 6.63. The molecule has 1 N–H and O–H groups in total. The van der Waals surface area contributed by atoms with Gasteiger partial charge in [0.2, 0.25) is 0 Å². The normalized spacial score (nSPS) is 10.3. The molecule has 5 heteroatoms. The number of aryl methyl sites for hydroxylation is 1. The molecule has 2 heterocycles. The van der Waals surface area contributed by atoms with Gasteiger partial charge in [-0.2, -0.15) is 0 Å². The molecule has 0 aromatic carbocycles. The monoisotopic (exact) mass is 244 g/mol. The van der Waals surface area contributed by atoms with Gasteiger partial charge in [-0.3, -0.25) is 9.78 Å². The quantitative estimate of drug-likeness (QED) is 0.883. The Kier molecular flexibility index (Phi) is 3.23. The summed E-state index contributed by atoms with van der Waals surface area (Å²) in [6.07, 6.45) is 2.97. The molecule has 0 unspecified atom stereocenters. The first-order chi connectivity index (χ1) is 8.58. The zero-order valence-corrected chi connectivity index (χ0v) is 9.83. The van der Waals surface area contributed by atoms with Gasteiger partial charge in [-0.05, 0) is 25.1 Å². The predicted octanol–water partition coefficient (Wildman–Crippen LogP) is 1.30. The number of aromatic carboxylic acids is 1. The van der Waals surface area contributed by atoms with Crippen LogP contribution in [-0.4, -0.2) is 20.6 Å². The van der Waals surface area contributed by atoms with Gasteiger partial charge in [0.1, 0.15) is 0 Å². The number of carbonyl (C=O) groups is 1. The molecule has 2 aromatic heterocycles. The SMILES string of the molecule is Cc1cccn(Cc2ccc(C(=O)O)cn2)c1=O. The van der Waals surface area contributed by atoms with Crippen LogP contribution in [0.2, 0.25) is 0 Å². The predicted molar refractivity (Wildman–Crippen MR) is 65.7 cm³/mol. The van der Waals surface area contributed by atoms with Crippen molar-refractivity contribution < 1.29 is 9.90 Å². The van der Waals surface area contributed by atoms with E-state index >= 15 is 0 Å². The maximum atomic E-state index is 11.8. The average molecular weight is 244 g/mol. The van der Waals surface area contributed by atoms with Gasteiger partial charge in [0.05, 0.1) is 17.8 Å². The minimum Gasteiger partial charge on any atom is -0.478 e. The lowest BCUT2D eigenvalue weighted by molar-refractivity contribution is 0.0696. The highest BCUT2D eigenvalue weighted by Crippen LogP contribution is 2.02. The van der Waals surface area contributed by atoms with E-state index in [1.165, 1.54) is 16.8 Å². The van der Waals surface area contributed by atoms with Crippen molar-refractivity contribution in [3.63, 3.8) is 0 Å². The second kappa shape index (κ2) is 4.83. The van der Waals surface area contributed by atoms with E-state index in [9.17, 15) is 9.59 Å². The van der Waals surface area contributed by atoms with Crippen LogP contribution in [0, 0.1) is 6.92 Å². The minimum atomic E-state index is -1.01. The van der Waals surface area contributed by atoms with Crippen molar-refractivity contribution in [3.05, 3.63) is 63.8 Å². The zero-order chi connectivity index (χ0) is 13.1. The van der Waals surface area contributed by atoms with E-state index in [-0.39, 0.29) is 11.1 Å². The van der Waals surface area contributed by atoms with E-state index in [1.807, 2.05) is 0 Å². The molecular weight excluding hydrogens is 232 g/mol. The van der Waals surface area contributed by atoms with Gasteiger partial charge in [-0.25, -0.2) is 4.79 Å². The first-order valence-electron chi connectivity index (χ1n) is 5.42. The van der Waals surface area contributed by atoms with Crippen LogP contribution in [-0.2, 0) is 6.54 Å². The second-order valence-corrected chi connectivity index (χ2v) is 3.97. The van der Waals surface area contributed by atoms with Crippen LogP contribution in [0.5, 0.6) is 0 Å². The topological polar surface area (TPSA) is 72.2 Å². The number of carboxylic acids is 1. The third-order valence-corrected chi connectivity index (χ3v) is 2.61. The Morgan fingerprint density at radius 3 is 2.78 bits per heavy atom. The van der Waals surface area contributed by atoms with Crippen molar-refractivity contribution in [2.24, 2.45) is 0 Å². The number of hydrogen-bond donors (Lipinski definition) is 1. The van der Waals surface area contributed by atoms with Crippen molar-refractivity contribution in [1.29, 1.82) is 0 Å². The van der Waals surface area contributed by atoms with Crippen LogP contribution in [0.15, 0.2) is 41.5 Å². The second-order valence-electron chi connectivity index (χ2n) is 3.97. The summed E-state index contributed by atoms with van der Waals surface area (Å²) in [7, 11) is 0. The van der Waals surface area contributed by atoms with Gasteiger partial charge >= 0.3 is 5.97 Å². The summed E-state index contributed by atoms with van der Waals surface area (Å²) in [5, 5.41) is 8.75. The third-order valence-electron chi connectivity index (χ3n) is 2.61. The number of rotatable bonds is 3. The molecule has 0 bridgehead atoms. The van der Waals surface area contributed by atoms with Crippen LogP contribution < -0.4 is 5.56 Å². The number of pyridine rings is 2. The van der Waals surface area contributed by atoms with Crippen molar-refractivity contribution in [2.75, 3.05) is 0 Å². The molecule has 5 nitrogen and oxygen atoms in total. The summed E-state index contributed by atoms with van der Waals surface area (Å²) in [4.78, 5) is 26.5. The van der Waals surface area contributed by atoms with E-state index < -0.39 is 5.97 Å². The Bertz CT molecular complexity index is 629. The fourth-order valence-corrected chi connectivity index (χ4v) is 1.60. The summed E-state index contributed by atoms with van der Waals surface area (Å²) in [6.45, 7) is 2.08. The third kappa shape index (κ3) is 2.45. The lowest BCUT2D eigenvalue weighted by Crippen LogP contribution is -2.22. The Morgan fingerprint density at radius 2 is 2.17 bits per heavy atom. The van der Waals surface area contributed by atoms with Crippen molar-refractivity contribution >= 4 is 5.97 Å². The first kappa shape index (κ1) is 12.0. The molecule has 0 radical (unpaired) electrons. The summed E-state index contributed by atoms with van der Waals surface area (Å²) >= 11 is 0. The molecule has 0 aliphatic carbocycles. The van der Waals surface area contributed by atoms with Gasteiger partial charge in [0.25, 0.3) is 5.56 Å². The standard InChI is InChI=1S/C13H12N2O3/c1-9-3-2-6-15(12(9)16)8-11-5-4-10(7-14-11)13(17)18/h2-7H,8H2,1H3,(H,17,18). The molecule has 0 spiro atoms. The van der Waals surface area contributed by atoms with E-state index in [0.29, 0.717) is 17.8 Å². The lowest BCUT2D eigenvalue weighted by Gasteiger charge is -2.06. The molecule has 0 atom stereocenters. The molecule has 0 amide bonds. The van der Waals surface area contributed by atoms with Crippen LogP contribution in [0.1, 0.15) is 21.6 Å². The van der Waals surface area contributed by atoms with Crippen molar-refractivity contribution in [1.82, 2.24) is 9.55 Å². The van der Waals surface area contributed by atoms with Crippen LogP contribution in [0.3, 0.4) is 0 Å². The molecule has 0 aliphatic rings. The summed E-state index contributed by atoms with van der Waals surface area (Å²) in [5.74, 6) is -1.01. The van der Waals surface area contributed by atoms with Crippen molar-refractivity contribution in [2.45, 2.75) is 13.5 Å². The highest BCUT2D eigenvalue weighted by Gasteiger charge is 2.04. The molecule has 0 saturated carbocycles. The van der Waals surface area contributed by atoms with E-state index in [1.54, 1.807) is 31.3 Å². The van der Waals surface area contributed by atoms with Crippen LogP contribution in [0.4, 0.5) is 0 Å². The van der Waals surface area contributed by atoms with Crippen LogP contribution in [0.25, 0.3) is 0 Å². The highest BCUT2D eigenvalue weighted by molar-refractivity contribution is 5.87. The molecule has 18 heavy (non-hydrogen) atoms. The molecule has 0 aliphatic heterocycles. The van der Waals surface area contributed by atoms with Gasteiger partial charge in [0.15, 0.2) is 0 Å². The Hall–Kier alpha value is -2.43. The molecule has 92 valence electrons. The van der Waals surface area contributed by atoms with Gasteiger partial charge in [0, 0.05) is 18.0 Å². The smallest absolute Gasteiger partial charge is 0.337 e. The molecular formula is C13H12N2O3. The van der Waals surface area contributed by atoms with E-state index in [2.05, 4.69) is 4.98 Å². The number of aromatic nitrogens is 2. The van der Waals surface area contributed by atoms with Crippen LogP contribution >= 0.6 is 0 Å². The maximum Gasteiger partial charge on any atom is 0.337 e. The Labute approximate surface area is 103 Å². The number of nitrogens with zero attached hydrogens (tertiary/aromatic N) is 2. The van der Waals surface area contributed by atoms with Gasteiger partial charge < -0.3 is 9.67 Å². The number of carboxylic acid groups (broad SMARTS) is 1. The fourth-order valence-electron chi connectivity index (χ4n) is 1.60. The number of hydrogen-bond acceptors (Lipinski definition) is 3. The zero-order valence-electron chi connectivity index (χ0n) is 9.83. The minimum absolute atomic E-state index is 0.0680. The first-order valence-corrected chi connectivity index (χ1v) is 5.42. The van der Waals surface area contributed by atoms with Crippen molar-refractivity contribution in [3.8, 4) is 0 Å². The fraction of sp³-hybridized carbons (Fsp3) is 0.154. The molecule has 0 saturated heterocycles. The van der Waals surface area contributed by atoms with Gasteiger partial charge in [-0.15, -0.1) is 0 Å². The maximum absolute atomic E-state index is 11.8. The largest absolute Gasteiger partial charge is 0.478 e.